The Morgan fingerprint density at radius 1 is 0.829 bits per heavy atom. The van der Waals surface area contributed by atoms with E-state index in [0.717, 1.165) is 11.1 Å². The van der Waals surface area contributed by atoms with Crippen molar-refractivity contribution in [3.8, 4) is 0 Å². The van der Waals surface area contributed by atoms with Gasteiger partial charge in [-0.15, -0.1) is 0 Å². The number of amides is 2. The minimum Gasteiger partial charge on any atom is -0.344 e. The van der Waals surface area contributed by atoms with E-state index in [-0.39, 0.29) is 36.3 Å². The highest BCUT2D eigenvalue weighted by atomic mass is 19.1. The van der Waals surface area contributed by atoms with Crippen LogP contribution in [0, 0.1) is 5.82 Å². The van der Waals surface area contributed by atoms with Crippen LogP contribution in [-0.4, -0.2) is 60.4 Å². The summed E-state index contributed by atoms with van der Waals surface area (Å²) >= 11 is 0. The highest BCUT2D eigenvalue weighted by Crippen LogP contribution is 2.22. The molecule has 0 bridgehead atoms. The smallest absolute Gasteiger partial charge is 0.238 e. The fraction of sp³-hybridized carbons (Fsp3) is 0.286. The molecule has 3 aromatic rings. The number of hydrogen-bond donors (Lipinski definition) is 2. The van der Waals surface area contributed by atoms with Gasteiger partial charge in [0.05, 0.1) is 18.6 Å². The zero-order chi connectivity index (χ0) is 24.6. The lowest BCUT2D eigenvalue weighted by Crippen LogP contribution is -2.55. The van der Waals surface area contributed by atoms with Gasteiger partial charge in [-0.25, -0.2) is 4.39 Å². The summed E-state index contributed by atoms with van der Waals surface area (Å²) in [7, 11) is 0. The Labute approximate surface area is 205 Å². The molecule has 3 aromatic carbocycles. The number of carbonyl (C=O) groups is 2. The molecule has 1 heterocycles. The zero-order valence-corrected chi connectivity index (χ0v) is 19.9. The quantitative estimate of drug-likeness (QED) is 0.523. The van der Waals surface area contributed by atoms with Gasteiger partial charge in [-0.3, -0.25) is 19.4 Å². The molecule has 182 valence electrons. The molecule has 1 fully saturated rings. The van der Waals surface area contributed by atoms with Gasteiger partial charge in [0.1, 0.15) is 5.82 Å². The molecule has 0 unspecified atom stereocenters. The largest absolute Gasteiger partial charge is 0.344 e. The lowest BCUT2D eigenvalue weighted by Gasteiger charge is -2.37. The molecular weight excluding hydrogens is 443 g/mol. The minimum absolute atomic E-state index is 0.0230. The average Bonchev–Trinajstić information content (AvgIpc) is 2.89. The van der Waals surface area contributed by atoms with Crippen molar-refractivity contribution in [2.75, 3.05) is 38.0 Å². The maximum Gasteiger partial charge on any atom is 0.238 e. The summed E-state index contributed by atoms with van der Waals surface area (Å²) in [6, 6.07) is 25.2. The number of carbonyl (C=O) groups excluding carboxylic acids is 2. The minimum atomic E-state index is -0.337. The summed E-state index contributed by atoms with van der Waals surface area (Å²) in [5.74, 6) is -0.495. The Morgan fingerprint density at radius 3 is 1.91 bits per heavy atom. The molecule has 1 atom stereocenters. The first-order valence-corrected chi connectivity index (χ1v) is 11.9. The first kappa shape index (κ1) is 24.6. The van der Waals surface area contributed by atoms with Crippen LogP contribution in [0.5, 0.6) is 0 Å². The predicted molar refractivity (Wildman–Crippen MR) is 135 cm³/mol. The first-order chi connectivity index (χ1) is 17.0. The van der Waals surface area contributed by atoms with Gasteiger partial charge in [0, 0.05) is 31.9 Å². The van der Waals surface area contributed by atoms with Crippen molar-refractivity contribution < 1.29 is 14.0 Å². The van der Waals surface area contributed by atoms with E-state index in [4.69, 9.17) is 0 Å². The van der Waals surface area contributed by atoms with Gasteiger partial charge in [-0.2, -0.15) is 0 Å². The van der Waals surface area contributed by atoms with E-state index in [1.54, 1.807) is 12.1 Å². The number of nitrogens with one attached hydrogen (secondary N) is 2. The number of hydrogen-bond acceptors (Lipinski definition) is 4. The van der Waals surface area contributed by atoms with E-state index >= 15 is 0 Å². The number of benzene rings is 3. The maximum atomic E-state index is 13.2. The predicted octanol–water partition coefficient (Wildman–Crippen LogP) is 3.68. The highest BCUT2D eigenvalue weighted by Gasteiger charge is 2.28. The molecule has 1 aliphatic heterocycles. The summed E-state index contributed by atoms with van der Waals surface area (Å²) in [5.41, 5.74) is 2.65. The lowest BCUT2D eigenvalue weighted by atomic mass is 9.98. The van der Waals surface area contributed by atoms with Crippen LogP contribution < -0.4 is 10.6 Å². The summed E-state index contributed by atoms with van der Waals surface area (Å²) in [6.45, 7) is 4.96. The Kier molecular flexibility index (Phi) is 8.23. The summed E-state index contributed by atoms with van der Waals surface area (Å²) in [6.07, 6.45) is 0. The van der Waals surface area contributed by atoms with Gasteiger partial charge in [-0.05, 0) is 42.3 Å². The normalized spacial score (nSPS) is 15.5. The second kappa shape index (κ2) is 11.7. The number of piperazine rings is 1. The van der Waals surface area contributed by atoms with Gasteiger partial charge in [-0.1, -0.05) is 60.7 Å². The Hall–Kier alpha value is -3.55. The monoisotopic (exact) mass is 474 g/mol. The lowest BCUT2D eigenvalue weighted by molar-refractivity contribution is -0.127. The molecule has 2 N–H and O–H groups in total. The van der Waals surface area contributed by atoms with Crippen LogP contribution in [0.25, 0.3) is 0 Å². The zero-order valence-electron chi connectivity index (χ0n) is 19.9. The molecule has 4 rings (SSSR count). The Balaban J connectivity index is 1.30. The van der Waals surface area contributed by atoms with E-state index < -0.39 is 0 Å². The van der Waals surface area contributed by atoms with Crippen molar-refractivity contribution in [3.05, 3.63) is 102 Å². The topological polar surface area (TPSA) is 64.7 Å². The van der Waals surface area contributed by atoms with Crippen molar-refractivity contribution in [2.45, 2.75) is 19.0 Å². The first-order valence-electron chi connectivity index (χ1n) is 11.9. The molecular formula is C28H31FN4O2. The fourth-order valence-electron chi connectivity index (χ4n) is 4.32. The summed E-state index contributed by atoms with van der Waals surface area (Å²) in [4.78, 5) is 29.8. The molecule has 6 nitrogen and oxygen atoms in total. The van der Waals surface area contributed by atoms with Gasteiger partial charge in [0.15, 0.2) is 0 Å². The third-order valence-electron chi connectivity index (χ3n) is 6.38. The molecule has 0 spiro atoms. The van der Waals surface area contributed by atoms with Crippen molar-refractivity contribution in [2.24, 2.45) is 0 Å². The molecule has 7 heteroatoms. The van der Waals surface area contributed by atoms with Crippen molar-refractivity contribution in [1.29, 1.82) is 0 Å². The second-order valence-corrected chi connectivity index (χ2v) is 8.81. The molecule has 0 saturated carbocycles. The van der Waals surface area contributed by atoms with Crippen molar-refractivity contribution in [3.63, 3.8) is 0 Å². The van der Waals surface area contributed by atoms with Gasteiger partial charge < -0.3 is 10.6 Å². The standard InChI is InChI=1S/C28H31FN4O2/c1-21(28(35)31-27(22-8-4-2-5-9-22)23-10-6-3-7-11-23)33-18-16-32(17-19-33)20-26(34)30-25-14-12-24(29)13-15-25/h2-15,21,27H,16-20H2,1H3,(H,30,34)(H,31,35)/t21-/m1/s1. The molecule has 0 radical (unpaired) electrons. The van der Waals surface area contributed by atoms with Gasteiger partial charge in [0.2, 0.25) is 11.8 Å². The van der Waals surface area contributed by atoms with Crippen LogP contribution in [0.15, 0.2) is 84.9 Å². The highest BCUT2D eigenvalue weighted by molar-refractivity contribution is 5.92. The van der Waals surface area contributed by atoms with Crippen LogP contribution in [0.3, 0.4) is 0 Å². The van der Waals surface area contributed by atoms with E-state index in [2.05, 4.69) is 20.4 Å². The van der Waals surface area contributed by atoms with Crippen LogP contribution in [0.1, 0.15) is 24.1 Å². The molecule has 1 saturated heterocycles. The van der Waals surface area contributed by atoms with Crippen LogP contribution >= 0.6 is 0 Å². The van der Waals surface area contributed by atoms with E-state index in [1.807, 2.05) is 67.6 Å². The molecule has 2 amide bonds. The molecule has 35 heavy (non-hydrogen) atoms. The average molecular weight is 475 g/mol. The number of rotatable bonds is 8. The second-order valence-electron chi connectivity index (χ2n) is 8.81. The van der Waals surface area contributed by atoms with Crippen molar-refractivity contribution >= 4 is 17.5 Å². The van der Waals surface area contributed by atoms with Gasteiger partial charge in [0.25, 0.3) is 0 Å². The summed E-state index contributed by atoms with van der Waals surface area (Å²) in [5, 5.41) is 6.03. The molecule has 0 aromatic heterocycles. The molecule has 0 aliphatic carbocycles. The van der Waals surface area contributed by atoms with E-state index in [1.165, 1.54) is 12.1 Å². The molecule has 1 aliphatic rings. The fourth-order valence-corrected chi connectivity index (χ4v) is 4.32. The number of nitrogens with zero attached hydrogens (tertiary/aromatic N) is 2. The van der Waals surface area contributed by atoms with Crippen LogP contribution in [0.2, 0.25) is 0 Å². The third-order valence-corrected chi connectivity index (χ3v) is 6.38. The van der Waals surface area contributed by atoms with Crippen LogP contribution in [0.4, 0.5) is 10.1 Å². The summed E-state index contributed by atoms with van der Waals surface area (Å²) < 4.78 is 13.0. The Bertz CT molecular complexity index is 1060. The van der Waals surface area contributed by atoms with Gasteiger partial charge >= 0.3 is 0 Å². The SMILES string of the molecule is C[C@H](C(=O)NC(c1ccccc1)c1ccccc1)N1CCN(CC(=O)Nc2ccc(F)cc2)CC1. The van der Waals surface area contributed by atoms with Crippen LogP contribution in [-0.2, 0) is 9.59 Å². The maximum absolute atomic E-state index is 13.2. The number of halogens is 1. The number of anilines is 1. The Morgan fingerprint density at radius 2 is 1.37 bits per heavy atom. The third kappa shape index (κ3) is 6.74. The van der Waals surface area contributed by atoms with Crippen molar-refractivity contribution in [1.82, 2.24) is 15.1 Å². The van der Waals surface area contributed by atoms with E-state index in [9.17, 15) is 14.0 Å². The van der Waals surface area contributed by atoms with E-state index in [0.29, 0.717) is 31.9 Å².